The number of ether oxygens (including phenoxy) is 1. The second-order valence-electron chi connectivity index (χ2n) is 3.66. The van der Waals surface area contributed by atoms with E-state index >= 15 is 0 Å². The molecular formula is C13H11N3O3. The zero-order valence-electron chi connectivity index (χ0n) is 9.92. The SMILES string of the molecule is N#Cc1ccc(OCc2occc2C(=O)NN)cc1. The lowest BCUT2D eigenvalue weighted by molar-refractivity contribution is 0.0949. The molecular weight excluding hydrogens is 246 g/mol. The van der Waals surface area contributed by atoms with Crippen molar-refractivity contribution in [2.45, 2.75) is 6.61 Å². The third kappa shape index (κ3) is 2.91. The number of hydrogen-bond acceptors (Lipinski definition) is 5. The van der Waals surface area contributed by atoms with Crippen LogP contribution in [0.4, 0.5) is 0 Å². The fraction of sp³-hybridized carbons (Fsp3) is 0.0769. The molecule has 6 nitrogen and oxygen atoms in total. The molecule has 1 heterocycles. The van der Waals surface area contributed by atoms with Gasteiger partial charge in [0.15, 0.2) is 5.76 Å². The van der Waals surface area contributed by atoms with Crippen LogP contribution in [-0.4, -0.2) is 5.91 Å². The van der Waals surface area contributed by atoms with E-state index in [-0.39, 0.29) is 6.61 Å². The molecule has 19 heavy (non-hydrogen) atoms. The standard InChI is InChI=1S/C13H11N3O3/c14-7-9-1-3-10(4-2-9)19-8-12-11(5-6-18-12)13(17)16-15/h1-6H,8,15H2,(H,16,17). The molecule has 0 saturated heterocycles. The smallest absolute Gasteiger partial charge is 0.268 e. The summed E-state index contributed by atoms with van der Waals surface area (Å²) in [6.07, 6.45) is 1.39. The van der Waals surface area contributed by atoms with E-state index in [4.69, 9.17) is 20.3 Å². The molecule has 1 amide bonds. The van der Waals surface area contributed by atoms with Crippen molar-refractivity contribution in [1.29, 1.82) is 5.26 Å². The van der Waals surface area contributed by atoms with Crippen LogP contribution in [0, 0.1) is 11.3 Å². The van der Waals surface area contributed by atoms with E-state index in [1.807, 2.05) is 11.5 Å². The lowest BCUT2D eigenvalue weighted by Crippen LogP contribution is -2.30. The number of nitrogens with two attached hydrogens (primary N) is 1. The van der Waals surface area contributed by atoms with Crippen LogP contribution in [0.2, 0.25) is 0 Å². The summed E-state index contributed by atoms with van der Waals surface area (Å²) in [5, 5.41) is 8.67. The zero-order valence-corrected chi connectivity index (χ0v) is 9.92. The van der Waals surface area contributed by atoms with Crippen molar-refractivity contribution in [2.75, 3.05) is 0 Å². The molecule has 0 saturated carbocycles. The Balaban J connectivity index is 2.04. The number of rotatable bonds is 4. The van der Waals surface area contributed by atoms with Crippen LogP contribution in [0.1, 0.15) is 21.7 Å². The predicted molar refractivity (Wildman–Crippen MR) is 65.9 cm³/mol. The molecule has 2 rings (SSSR count). The Labute approximate surface area is 109 Å². The first kappa shape index (κ1) is 12.7. The molecule has 1 aromatic heterocycles. The lowest BCUT2D eigenvalue weighted by atomic mass is 10.2. The average molecular weight is 257 g/mol. The van der Waals surface area contributed by atoms with Gasteiger partial charge >= 0.3 is 0 Å². The van der Waals surface area contributed by atoms with E-state index in [1.165, 1.54) is 12.3 Å². The minimum absolute atomic E-state index is 0.0989. The quantitative estimate of drug-likeness (QED) is 0.489. The Kier molecular flexibility index (Phi) is 3.81. The predicted octanol–water partition coefficient (Wildman–Crippen LogP) is 1.33. The Bertz CT molecular complexity index is 611. The fourth-order valence-electron chi connectivity index (χ4n) is 1.51. The van der Waals surface area contributed by atoms with Gasteiger partial charge in [-0.3, -0.25) is 10.2 Å². The Hall–Kier alpha value is -2.78. The van der Waals surface area contributed by atoms with Crippen molar-refractivity contribution in [2.24, 2.45) is 5.84 Å². The van der Waals surface area contributed by atoms with E-state index in [0.29, 0.717) is 22.6 Å². The number of carbonyl (C=O) groups excluding carboxylic acids is 1. The number of hydrazine groups is 1. The summed E-state index contributed by atoms with van der Waals surface area (Å²) < 4.78 is 10.6. The molecule has 0 fully saturated rings. The number of carbonyl (C=O) groups is 1. The van der Waals surface area contributed by atoms with Crippen molar-refractivity contribution in [3.63, 3.8) is 0 Å². The number of nitrogens with zero attached hydrogens (tertiary/aromatic N) is 1. The highest BCUT2D eigenvalue weighted by Crippen LogP contribution is 2.16. The second-order valence-corrected chi connectivity index (χ2v) is 3.66. The van der Waals surface area contributed by atoms with Crippen molar-refractivity contribution in [3.05, 3.63) is 53.5 Å². The summed E-state index contributed by atoms with van der Waals surface area (Å²) in [5.41, 5.74) is 2.91. The van der Waals surface area contributed by atoms with Crippen molar-refractivity contribution >= 4 is 5.91 Å². The van der Waals surface area contributed by atoms with Crippen molar-refractivity contribution in [3.8, 4) is 11.8 Å². The van der Waals surface area contributed by atoms with Crippen LogP contribution < -0.4 is 16.0 Å². The second kappa shape index (κ2) is 5.71. The zero-order chi connectivity index (χ0) is 13.7. The maximum absolute atomic E-state index is 11.4. The van der Waals surface area contributed by atoms with Crippen LogP contribution in [0.25, 0.3) is 0 Å². The van der Waals surface area contributed by atoms with Gasteiger partial charge in [0.25, 0.3) is 5.91 Å². The van der Waals surface area contributed by atoms with E-state index in [9.17, 15) is 4.79 Å². The Morgan fingerprint density at radius 3 is 2.74 bits per heavy atom. The van der Waals surface area contributed by atoms with Gasteiger partial charge in [0, 0.05) is 0 Å². The molecule has 0 aliphatic rings. The van der Waals surface area contributed by atoms with Gasteiger partial charge in [0.2, 0.25) is 0 Å². The Morgan fingerprint density at radius 2 is 2.11 bits per heavy atom. The molecule has 6 heteroatoms. The fourth-order valence-corrected chi connectivity index (χ4v) is 1.51. The van der Waals surface area contributed by atoms with E-state index in [0.717, 1.165) is 0 Å². The van der Waals surface area contributed by atoms with E-state index in [1.54, 1.807) is 24.3 Å². The van der Waals surface area contributed by atoms with Crippen molar-refractivity contribution in [1.82, 2.24) is 5.43 Å². The van der Waals surface area contributed by atoms with Gasteiger partial charge in [0.05, 0.1) is 23.5 Å². The molecule has 0 unspecified atom stereocenters. The third-order valence-corrected chi connectivity index (χ3v) is 2.47. The Morgan fingerprint density at radius 1 is 1.37 bits per heavy atom. The molecule has 0 bridgehead atoms. The first-order chi connectivity index (χ1) is 9.24. The largest absolute Gasteiger partial charge is 0.486 e. The average Bonchev–Trinajstić information content (AvgIpc) is 2.93. The molecule has 0 aliphatic heterocycles. The van der Waals surface area contributed by atoms with Crippen LogP contribution in [0.5, 0.6) is 5.75 Å². The van der Waals surface area contributed by atoms with Crippen LogP contribution in [0.3, 0.4) is 0 Å². The molecule has 0 radical (unpaired) electrons. The molecule has 0 atom stereocenters. The number of furan rings is 1. The molecule has 0 aliphatic carbocycles. The molecule has 2 aromatic rings. The summed E-state index contributed by atoms with van der Waals surface area (Å²) in [5.74, 6) is 5.58. The maximum atomic E-state index is 11.4. The van der Waals surface area contributed by atoms with Gasteiger partial charge in [-0.1, -0.05) is 0 Å². The molecule has 96 valence electrons. The van der Waals surface area contributed by atoms with Gasteiger partial charge in [-0.25, -0.2) is 5.84 Å². The topological polar surface area (TPSA) is 101 Å². The van der Waals surface area contributed by atoms with E-state index in [2.05, 4.69) is 0 Å². The summed E-state index contributed by atoms with van der Waals surface area (Å²) in [4.78, 5) is 11.4. The van der Waals surface area contributed by atoms with Crippen LogP contribution in [0.15, 0.2) is 41.0 Å². The molecule has 3 N–H and O–H groups in total. The number of nitriles is 1. The summed E-state index contributed by atoms with van der Waals surface area (Å²) in [6, 6.07) is 10.2. The van der Waals surface area contributed by atoms with Gasteiger partial charge in [-0.2, -0.15) is 5.26 Å². The molecule has 0 spiro atoms. The minimum atomic E-state index is -0.438. The first-order valence-corrected chi connectivity index (χ1v) is 5.45. The first-order valence-electron chi connectivity index (χ1n) is 5.45. The van der Waals surface area contributed by atoms with Gasteiger partial charge < -0.3 is 9.15 Å². The van der Waals surface area contributed by atoms with Crippen LogP contribution >= 0.6 is 0 Å². The number of nitrogen functional groups attached to an aromatic ring is 1. The summed E-state index contributed by atoms with van der Waals surface area (Å²) in [6.45, 7) is 0.0989. The third-order valence-electron chi connectivity index (χ3n) is 2.47. The minimum Gasteiger partial charge on any atom is -0.486 e. The van der Waals surface area contributed by atoms with Gasteiger partial charge in [-0.15, -0.1) is 0 Å². The number of amides is 1. The number of nitrogens with one attached hydrogen (secondary N) is 1. The highest BCUT2D eigenvalue weighted by molar-refractivity contribution is 5.94. The summed E-state index contributed by atoms with van der Waals surface area (Å²) >= 11 is 0. The summed E-state index contributed by atoms with van der Waals surface area (Å²) in [7, 11) is 0. The van der Waals surface area contributed by atoms with Crippen LogP contribution in [-0.2, 0) is 6.61 Å². The normalized spacial score (nSPS) is 9.68. The van der Waals surface area contributed by atoms with E-state index < -0.39 is 5.91 Å². The number of benzene rings is 1. The maximum Gasteiger partial charge on any atom is 0.268 e. The van der Waals surface area contributed by atoms with Gasteiger partial charge in [0.1, 0.15) is 12.4 Å². The lowest BCUT2D eigenvalue weighted by Gasteiger charge is -2.05. The monoisotopic (exact) mass is 257 g/mol. The molecule has 1 aromatic carbocycles. The highest BCUT2D eigenvalue weighted by atomic mass is 16.5. The van der Waals surface area contributed by atoms with Crippen molar-refractivity contribution < 1.29 is 13.9 Å². The highest BCUT2D eigenvalue weighted by Gasteiger charge is 2.13. The van der Waals surface area contributed by atoms with Gasteiger partial charge in [-0.05, 0) is 30.3 Å². The number of hydrogen-bond donors (Lipinski definition) is 2.